The number of ketones is 1. The monoisotopic (exact) mass is 400 g/mol. The van der Waals surface area contributed by atoms with Gasteiger partial charge in [0.15, 0.2) is 5.78 Å². The van der Waals surface area contributed by atoms with Gasteiger partial charge in [-0.25, -0.2) is 13.4 Å². The van der Waals surface area contributed by atoms with Gasteiger partial charge in [0.25, 0.3) is 0 Å². The molecule has 27 heavy (non-hydrogen) atoms. The van der Waals surface area contributed by atoms with Gasteiger partial charge in [0.05, 0.1) is 21.2 Å². The average molecular weight is 401 g/mol. The second kappa shape index (κ2) is 7.14. The number of sulfonamides is 1. The van der Waals surface area contributed by atoms with Crippen molar-refractivity contribution in [3.8, 4) is 0 Å². The Hall–Kier alpha value is -2.09. The van der Waals surface area contributed by atoms with Crippen LogP contribution in [-0.2, 0) is 10.0 Å². The Balaban J connectivity index is 1.71. The third-order valence-electron chi connectivity index (χ3n) is 4.92. The van der Waals surface area contributed by atoms with Crippen LogP contribution in [0.4, 0.5) is 0 Å². The number of nitrogens with zero attached hydrogens (tertiary/aromatic N) is 2. The van der Waals surface area contributed by atoms with Gasteiger partial charge in [-0.3, -0.25) is 4.79 Å². The number of fused-ring (bicyclic) bond motifs is 1. The molecule has 1 fully saturated rings. The van der Waals surface area contributed by atoms with Gasteiger partial charge in [-0.1, -0.05) is 30.7 Å². The van der Waals surface area contributed by atoms with Crippen LogP contribution in [0.15, 0.2) is 53.4 Å². The molecule has 1 saturated heterocycles. The van der Waals surface area contributed by atoms with E-state index in [1.54, 1.807) is 27.8 Å². The van der Waals surface area contributed by atoms with Gasteiger partial charge in [-0.05, 0) is 44.0 Å². The second-order valence-corrected chi connectivity index (χ2v) is 9.68. The molecule has 1 aliphatic rings. The third-order valence-corrected chi connectivity index (χ3v) is 7.98. The first-order valence-electron chi connectivity index (χ1n) is 8.95. The van der Waals surface area contributed by atoms with Crippen molar-refractivity contribution >= 4 is 37.4 Å². The summed E-state index contributed by atoms with van der Waals surface area (Å²) in [5.74, 6) is -0.0794. The Labute approximate surface area is 162 Å². The van der Waals surface area contributed by atoms with E-state index in [2.05, 4.69) is 0 Å². The van der Waals surface area contributed by atoms with Crippen LogP contribution >= 0.6 is 11.3 Å². The Morgan fingerprint density at radius 1 is 1.11 bits per heavy atom. The minimum Gasteiger partial charge on any atom is -0.295 e. The zero-order valence-corrected chi connectivity index (χ0v) is 16.6. The highest BCUT2D eigenvalue weighted by Gasteiger charge is 2.36. The van der Waals surface area contributed by atoms with Crippen molar-refractivity contribution in [3.05, 3.63) is 59.1 Å². The third kappa shape index (κ3) is 3.42. The maximum absolute atomic E-state index is 13.3. The minimum absolute atomic E-state index is 0.0794. The van der Waals surface area contributed by atoms with Gasteiger partial charge in [0.1, 0.15) is 5.01 Å². The summed E-state index contributed by atoms with van der Waals surface area (Å²) in [5, 5.41) is 0.847. The fourth-order valence-corrected chi connectivity index (χ4v) is 6.31. The zero-order valence-electron chi connectivity index (χ0n) is 15.0. The summed E-state index contributed by atoms with van der Waals surface area (Å²) in [5.41, 5.74) is 1.42. The number of carbonyl (C=O) groups is 1. The summed E-state index contributed by atoms with van der Waals surface area (Å²) in [6.45, 7) is 1.95. The highest BCUT2D eigenvalue weighted by molar-refractivity contribution is 7.89. The number of hydrogen-bond acceptors (Lipinski definition) is 5. The Morgan fingerprint density at radius 3 is 2.56 bits per heavy atom. The summed E-state index contributed by atoms with van der Waals surface area (Å²) in [7, 11) is -3.65. The average Bonchev–Trinajstić information content (AvgIpc) is 3.12. The van der Waals surface area contributed by atoms with Crippen molar-refractivity contribution in [2.24, 2.45) is 0 Å². The normalized spacial score (nSPS) is 18.6. The van der Waals surface area contributed by atoms with Crippen LogP contribution in [0.1, 0.15) is 47.6 Å². The predicted molar refractivity (Wildman–Crippen MR) is 107 cm³/mol. The van der Waals surface area contributed by atoms with Crippen LogP contribution < -0.4 is 0 Å². The number of carbonyl (C=O) groups excluding carboxylic acids is 1. The molecule has 1 atom stereocenters. The molecule has 0 bridgehead atoms. The molecule has 5 nitrogen and oxygen atoms in total. The number of rotatable bonds is 4. The molecule has 0 N–H and O–H groups in total. The van der Waals surface area contributed by atoms with Gasteiger partial charge in [-0.15, -0.1) is 11.3 Å². The lowest BCUT2D eigenvalue weighted by molar-refractivity contribution is 0.101. The summed E-state index contributed by atoms with van der Waals surface area (Å²) < 4.78 is 29.2. The number of aromatic nitrogens is 1. The maximum atomic E-state index is 13.3. The number of hydrogen-bond donors (Lipinski definition) is 0. The second-order valence-electron chi connectivity index (χ2n) is 6.73. The lowest BCUT2D eigenvalue weighted by Gasteiger charge is -2.33. The molecule has 2 heterocycles. The van der Waals surface area contributed by atoms with Crippen LogP contribution in [0.25, 0.3) is 10.2 Å². The number of para-hydroxylation sites is 1. The summed E-state index contributed by atoms with van der Waals surface area (Å²) in [4.78, 5) is 16.4. The highest BCUT2D eigenvalue weighted by Crippen LogP contribution is 2.38. The molecular weight excluding hydrogens is 380 g/mol. The van der Waals surface area contributed by atoms with Gasteiger partial charge in [0.2, 0.25) is 10.0 Å². The van der Waals surface area contributed by atoms with Crippen molar-refractivity contribution in [1.82, 2.24) is 9.29 Å². The van der Waals surface area contributed by atoms with Gasteiger partial charge in [-0.2, -0.15) is 4.31 Å². The maximum Gasteiger partial charge on any atom is 0.243 e. The quantitative estimate of drug-likeness (QED) is 0.608. The van der Waals surface area contributed by atoms with Crippen LogP contribution in [0, 0.1) is 0 Å². The predicted octanol–water partition coefficient (Wildman–Crippen LogP) is 4.41. The fourth-order valence-electron chi connectivity index (χ4n) is 3.47. The molecule has 2 aromatic carbocycles. The van der Waals surface area contributed by atoms with Crippen molar-refractivity contribution in [2.45, 2.75) is 37.1 Å². The summed E-state index contributed by atoms with van der Waals surface area (Å²) in [6.07, 6.45) is 2.59. The van der Waals surface area contributed by atoms with Crippen LogP contribution in [-0.4, -0.2) is 30.0 Å². The van der Waals surface area contributed by atoms with E-state index >= 15 is 0 Å². The first kappa shape index (κ1) is 18.3. The highest BCUT2D eigenvalue weighted by atomic mass is 32.2. The molecule has 0 spiro atoms. The number of Topliss-reactive ketones (excluding diaryl/α,β-unsaturated/α-hetero) is 1. The van der Waals surface area contributed by atoms with E-state index in [1.807, 2.05) is 24.3 Å². The van der Waals surface area contributed by atoms with Crippen LogP contribution in [0.2, 0.25) is 0 Å². The SMILES string of the molecule is CC(=O)c1ccc(S(=O)(=O)N2CCCCC2c2nc3ccccc3s2)cc1. The van der Waals surface area contributed by atoms with Crippen molar-refractivity contribution in [3.63, 3.8) is 0 Å². The van der Waals surface area contributed by atoms with E-state index in [0.717, 1.165) is 34.5 Å². The number of piperidine rings is 1. The van der Waals surface area contributed by atoms with Gasteiger partial charge >= 0.3 is 0 Å². The topological polar surface area (TPSA) is 67.3 Å². The molecule has 1 aliphatic heterocycles. The van der Waals surface area contributed by atoms with E-state index in [9.17, 15) is 13.2 Å². The molecule has 0 saturated carbocycles. The molecule has 0 amide bonds. The molecule has 1 aromatic heterocycles. The van der Waals surface area contributed by atoms with E-state index in [0.29, 0.717) is 12.1 Å². The molecule has 140 valence electrons. The van der Waals surface area contributed by atoms with Crippen LogP contribution in [0.3, 0.4) is 0 Å². The molecule has 3 aromatic rings. The Kier molecular flexibility index (Phi) is 4.84. The molecule has 0 radical (unpaired) electrons. The van der Waals surface area contributed by atoms with E-state index in [1.165, 1.54) is 19.1 Å². The van der Waals surface area contributed by atoms with E-state index in [4.69, 9.17) is 4.98 Å². The molecule has 1 unspecified atom stereocenters. The largest absolute Gasteiger partial charge is 0.295 e. The van der Waals surface area contributed by atoms with Gasteiger partial charge < -0.3 is 0 Å². The van der Waals surface area contributed by atoms with Crippen molar-refractivity contribution < 1.29 is 13.2 Å². The van der Waals surface area contributed by atoms with Gasteiger partial charge in [0, 0.05) is 12.1 Å². The fraction of sp³-hybridized carbons (Fsp3) is 0.300. The number of thiazole rings is 1. The first-order valence-corrected chi connectivity index (χ1v) is 11.2. The smallest absolute Gasteiger partial charge is 0.243 e. The summed E-state index contributed by atoms with van der Waals surface area (Å²) >= 11 is 1.56. The Morgan fingerprint density at radius 2 is 1.85 bits per heavy atom. The molecule has 0 aliphatic carbocycles. The summed E-state index contributed by atoms with van der Waals surface area (Å²) in [6, 6.07) is 13.8. The lowest BCUT2D eigenvalue weighted by atomic mass is 10.1. The first-order chi connectivity index (χ1) is 13.0. The van der Waals surface area contributed by atoms with Crippen molar-refractivity contribution in [1.29, 1.82) is 0 Å². The standard InChI is InChI=1S/C20H20N2O3S2/c1-14(23)15-9-11-16(12-10-15)27(24,25)22-13-5-4-7-18(22)20-21-17-6-2-3-8-19(17)26-20/h2-3,6,8-12,18H,4-5,7,13H2,1H3. The molecule has 7 heteroatoms. The number of benzene rings is 2. The van der Waals surface area contributed by atoms with E-state index < -0.39 is 10.0 Å². The zero-order chi connectivity index (χ0) is 19.0. The minimum atomic E-state index is -3.65. The van der Waals surface area contributed by atoms with E-state index in [-0.39, 0.29) is 16.7 Å². The van der Waals surface area contributed by atoms with Crippen LogP contribution in [0.5, 0.6) is 0 Å². The van der Waals surface area contributed by atoms with Crippen molar-refractivity contribution in [2.75, 3.05) is 6.54 Å². The Bertz CT molecular complexity index is 1050. The molecular formula is C20H20N2O3S2. The molecule has 4 rings (SSSR count). The lowest BCUT2D eigenvalue weighted by Crippen LogP contribution is -2.38.